The van der Waals surface area contributed by atoms with Crippen molar-refractivity contribution in [2.75, 3.05) is 0 Å². The number of rotatable bonds is 5. The number of hydrogen-bond acceptors (Lipinski definition) is 4. The molecular weight excluding hydrogens is 388 g/mol. The molecule has 0 saturated heterocycles. The molecule has 0 bridgehead atoms. The van der Waals surface area contributed by atoms with Crippen LogP contribution in [0.3, 0.4) is 0 Å². The first kappa shape index (κ1) is 19.3. The van der Waals surface area contributed by atoms with Gasteiger partial charge in [-0.25, -0.2) is 9.97 Å². The van der Waals surface area contributed by atoms with Crippen molar-refractivity contribution in [3.8, 4) is 11.3 Å². The lowest BCUT2D eigenvalue weighted by Gasteiger charge is -2.35. The van der Waals surface area contributed by atoms with E-state index in [9.17, 15) is 4.79 Å². The molecule has 4 aromatic rings. The first-order valence-corrected chi connectivity index (χ1v) is 10.6. The molecule has 156 valence electrons. The average Bonchev–Trinajstić information content (AvgIpc) is 3.46. The Morgan fingerprint density at radius 2 is 1.94 bits per heavy atom. The molecular formula is C25H24N4O2. The number of fused-ring (bicyclic) bond motifs is 1. The summed E-state index contributed by atoms with van der Waals surface area (Å²) in [6.07, 6.45) is 8.00. The molecule has 1 atom stereocenters. The molecule has 0 radical (unpaired) electrons. The largest absolute Gasteiger partial charge is 0.443 e. The van der Waals surface area contributed by atoms with E-state index in [1.54, 1.807) is 6.20 Å². The Morgan fingerprint density at radius 1 is 1.13 bits per heavy atom. The third-order valence-electron chi connectivity index (χ3n) is 6.01. The van der Waals surface area contributed by atoms with Crippen LogP contribution in [-0.4, -0.2) is 25.3 Å². The summed E-state index contributed by atoms with van der Waals surface area (Å²) >= 11 is 0. The highest BCUT2D eigenvalue weighted by Gasteiger charge is 2.33. The van der Waals surface area contributed by atoms with Gasteiger partial charge in [-0.3, -0.25) is 4.79 Å². The van der Waals surface area contributed by atoms with Crippen LogP contribution >= 0.6 is 0 Å². The minimum Gasteiger partial charge on any atom is -0.443 e. The SMILES string of the molecule is Cn1ccnc1CN(C(=O)c1ncoc1-c1ccccc1)[C@@H]1CCCc2ccccc21. The van der Waals surface area contributed by atoms with Crippen molar-refractivity contribution < 1.29 is 9.21 Å². The van der Waals surface area contributed by atoms with E-state index in [0.29, 0.717) is 18.0 Å². The van der Waals surface area contributed by atoms with Gasteiger partial charge >= 0.3 is 0 Å². The molecule has 2 heterocycles. The van der Waals surface area contributed by atoms with E-state index in [4.69, 9.17) is 4.42 Å². The monoisotopic (exact) mass is 412 g/mol. The predicted molar refractivity (Wildman–Crippen MR) is 117 cm³/mol. The van der Waals surface area contributed by atoms with Crippen molar-refractivity contribution in [2.24, 2.45) is 7.05 Å². The number of oxazole rings is 1. The lowest BCUT2D eigenvalue weighted by Crippen LogP contribution is -2.37. The van der Waals surface area contributed by atoms with E-state index in [1.807, 2.05) is 59.1 Å². The smallest absolute Gasteiger partial charge is 0.277 e. The molecule has 5 rings (SSSR count). The van der Waals surface area contributed by atoms with E-state index >= 15 is 0 Å². The second-order valence-electron chi connectivity index (χ2n) is 7.89. The standard InChI is InChI=1S/C25H24N4O2/c1-28-15-14-26-22(28)16-29(21-13-7-11-18-8-5-6-12-20(18)21)25(30)23-24(31-17-27-23)19-9-3-2-4-10-19/h2-6,8-10,12,14-15,17,21H,7,11,13,16H2,1H3/t21-/m1/s1. The first-order valence-electron chi connectivity index (χ1n) is 10.6. The Morgan fingerprint density at radius 3 is 2.74 bits per heavy atom. The van der Waals surface area contributed by atoms with Crippen LogP contribution in [0.25, 0.3) is 11.3 Å². The molecule has 0 aliphatic heterocycles. The van der Waals surface area contributed by atoms with Crippen LogP contribution in [0.15, 0.2) is 77.8 Å². The van der Waals surface area contributed by atoms with Gasteiger partial charge in [0.2, 0.25) is 0 Å². The molecule has 6 heteroatoms. The highest BCUT2D eigenvalue weighted by atomic mass is 16.3. The highest BCUT2D eigenvalue weighted by Crippen LogP contribution is 2.36. The molecule has 0 N–H and O–H groups in total. The molecule has 6 nitrogen and oxygen atoms in total. The Bertz CT molecular complexity index is 1190. The fraction of sp³-hybridized carbons (Fsp3) is 0.240. The van der Waals surface area contributed by atoms with E-state index in [2.05, 4.69) is 28.2 Å². The van der Waals surface area contributed by atoms with Gasteiger partial charge in [-0.2, -0.15) is 0 Å². The lowest BCUT2D eigenvalue weighted by atomic mass is 9.86. The van der Waals surface area contributed by atoms with Crippen molar-refractivity contribution in [3.05, 3.63) is 96.0 Å². The van der Waals surface area contributed by atoms with Crippen molar-refractivity contribution in [3.63, 3.8) is 0 Å². The summed E-state index contributed by atoms with van der Waals surface area (Å²) in [7, 11) is 1.95. The summed E-state index contributed by atoms with van der Waals surface area (Å²) in [5, 5.41) is 0. The van der Waals surface area contributed by atoms with Crippen molar-refractivity contribution in [1.82, 2.24) is 19.4 Å². The van der Waals surface area contributed by atoms with Crippen LogP contribution in [0.5, 0.6) is 0 Å². The van der Waals surface area contributed by atoms with Crippen molar-refractivity contribution in [1.29, 1.82) is 0 Å². The number of benzene rings is 2. The number of imidazole rings is 1. The van der Waals surface area contributed by atoms with Gasteiger partial charge in [0.1, 0.15) is 5.82 Å². The number of hydrogen-bond donors (Lipinski definition) is 0. The second kappa shape index (κ2) is 8.22. The van der Waals surface area contributed by atoms with E-state index in [1.165, 1.54) is 17.5 Å². The highest BCUT2D eigenvalue weighted by molar-refractivity contribution is 5.97. The van der Waals surface area contributed by atoms with Gasteiger partial charge in [-0.1, -0.05) is 54.6 Å². The van der Waals surface area contributed by atoms with Gasteiger partial charge in [0.15, 0.2) is 17.8 Å². The van der Waals surface area contributed by atoms with Gasteiger partial charge in [0.25, 0.3) is 5.91 Å². The number of amides is 1. The summed E-state index contributed by atoms with van der Waals surface area (Å²) in [5.41, 5.74) is 3.69. The van der Waals surface area contributed by atoms with Crippen molar-refractivity contribution >= 4 is 5.91 Å². The molecule has 0 spiro atoms. The quantitative estimate of drug-likeness (QED) is 0.473. The molecule has 0 unspecified atom stereocenters. The zero-order valence-corrected chi connectivity index (χ0v) is 17.4. The van der Waals surface area contributed by atoms with Gasteiger partial charge in [0, 0.05) is 25.0 Å². The summed E-state index contributed by atoms with van der Waals surface area (Å²) in [5.74, 6) is 1.19. The molecule has 31 heavy (non-hydrogen) atoms. The maximum atomic E-state index is 13.9. The number of aryl methyl sites for hydroxylation is 2. The van der Waals surface area contributed by atoms with E-state index in [-0.39, 0.29) is 11.9 Å². The molecule has 0 saturated carbocycles. The summed E-state index contributed by atoms with van der Waals surface area (Å²) in [6, 6.07) is 18.0. The maximum Gasteiger partial charge on any atom is 0.277 e. The van der Waals surface area contributed by atoms with Gasteiger partial charge in [-0.05, 0) is 30.4 Å². The number of carbonyl (C=O) groups is 1. The Kier molecular flexibility index (Phi) is 5.12. The lowest BCUT2D eigenvalue weighted by molar-refractivity contribution is 0.0625. The number of aromatic nitrogens is 3. The van der Waals surface area contributed by atoms with Crippen LogP contribution in [0.4, 0.5) is 0 Å². The third-order valence-corrected chi connectivity index (χ3v) is 6.01. The van der Waals surface area contributed by atoms with Crippen LogP contribution in [0, 0.1) is 0 Å². The summed E-state index contributed by atoms with van der Waals surface area (Å²) < 4.78 is 7.61. The third kappa shape index (κ3) is 3.65. The van der Waals surface area contributed by atoms with Gasteiger partial charge in [-0.15, -0.1) is 0 Å². The molecule has 2 aromatic heterocycles. The van der Waals surface area contributed by atoms with Crippen LogP contribution < -0.4 is 0 Å². The summed E-state index contributed by atoms with van der Waals surface area (Å²) in [6.45, 7) is 0.405. The zero-order valence-electron chi connectivity index (χ0n) is 17.4. The predicted octanol–water partition coefficient (Wildman–Crippen LogP) is 4.80. The molecule has 1 amide bonds. The van der Waals surface area contributed by atoms with Crippen LogP contribution in [0.2, 0.25) is 0 Å². The zero-order chi connectivity index (χ0) is 21.2. The first-order chi connectivity index (χ1) is 15.2. The molecule has 1 aliphatic rings. The number of carbonyl (C=O) groups excluding carboxylic acids is 1. The molecule has 1 aliphatic carbocycles. The van der Waals surface area contributed by atoms with Crippen LogP contribution in [-0.2, 0) is 20.0 Å². The van der Waals surface area contributed by atoms with E-state index < -0.39 is 0 Å². The molecule has 2 aromatic carbocycles. The Balaban J connectivity index is 1.57. The fourth-order valence-corrected chi connectivity index (χ4v) is 4.41. The minimum absolute atomic E-state index is 0.0329. The average molecular weight is 412 g/mol. The molecule has 0 fully saturated rings. The topological polar surface area (TPSA) is 64.2 Å². The van der Waals surface area contributed by atoms with Gasteiger partial charge in [0.05, 0.1) is 12.6 Å². The Labute approximate surface area is 181 Å². The maximum absolute atomic E-state index is 13.9. The normalized spacial score (nSPS) is 15.5. The van der Waals surface area contributed by atoms with Gasteiger partial charge < -0.3 is 13.9 Å². The summed E-state index contributed by atoms with van der Waals surface area (Å²) in [4.78, 5) is 24.6. The number of nitrogens with zero attached hydrogens (tertiary/aromatic N) is 4. The van der Waals surface area contributed by atoms with E-state index in [0.717, 1.165) is 30.7 Å². The van der Waals surface area contributed by atoms with Crippen LogP contribution in [0.1, 0.15) is 46.3 Å². The Hall–Kier alpha value is -3.67. The second-order valence-corrected chi connectivity index (χ2v) is 7.89. The van der Waals surface area contributed by atoms with Crippen molar-refractivity contribution in [2.45, 2.75) is 31.8 Å². The minimum atomic E-state index is -0.141. The fourth-order valence-electron chi connectivity index (χ4n) is 4.41.